The highest BCUT2D eigenvalue weighted by Gasteiger charge is 2.34. The molecule has 0 bridgehead atoms. The normalized spacial score (nSPS) is 24.0. The Kier molecular flexibility index (Phi) is 6.34. The molecule has 1 fully saturated rings. The first-order valence-electron chi connectivity index (χ1n) is 15.6. The molecule has 3 N–H and O–H groups in total. The van der Waals surface area contributed by atoms with E-state index in [9.17, 15) is 0 Å². The summed E-state index contributed by atoms with van der Waals surface area (Å²) >= 11 is 1.93. The van der Waals surface area contributed by atoms with Gasteiger partial charge in [0.25, 0.3) is 0 Å². The molecule has 3 nitrogen and oxygen atoms in total. The molecule has 3 aliphatic rings. The van der Waals surface area contributed by atoms with E-state index in [1.807, 2.05) is 11.3 Å². The second-order valence-corrected chi connectivity index (χ2v) is 13.2. The molecule has 9 rings (SSSR count). The van der Waals surface area contributed by atoms with E-state index < -0.39 is 0 Å². The van der Waals surface area contributed by atoms with Gasteiger partial charge in [0.1, 0.15) is 0 Å². The fourth-order valence-corrected chi connectivity index (χ4v) is 8.77. The van der Waals surface area contributed by atoms with Crippen molar-refractivity contribution in [2.45, 2.75) is 30.8 Å². The lowest BCUT2D eigenvalue weighted by molar-refractivity contribution is 0.170. The Labute approximate surface area is 262 Å². The molecule has 214 valence electrons. The first-order valence-corrected chi connectivity index (χ1v) is 16.4. The predicted octanol–water partition coefficient (Wildman–Crippen LogP) is 9.15. The first kappa shape index (κ1) is 26.1. The van der Waals surface area contributed by atoms with Gasteiger partial charge >= 0.3 is 0 Å². The molecular weight excluding hydrogens is 555 g/mol. The van der Waals surface area contributed by atoms with Gasteiger partial charge in [0.15, 0.2) is 0 Å². The SMILES string of the molecule is C1=CCC(C2NC(c3ccccc3)NC(c3ccc(C4c5ccccc5-c5c4ccc4c5sc5ccccc54)cc3)N2)C=C1. The number of nitrogens with one attached hydrogen (secondary N) is 3. The van der Waals surface area contributed by atoms with Gasteiger partial charge < -0.3 is 0 Å². The van der Waals surface area contributed by atoms with Crippen molar-refractivity contribution in [3.05, 3.63) is 167 Å². The van der Waals surface area contributed by atoms with Crippen molar-refractivity contribution < 1.29 is 0 Å². The second-order valence-electron chi connectivity index (χ2n) is 12.2. The van der Waals surface area contributed by atoms with E-state index in [-0.39, 0.29) is 24.4 Å². The van der Waals surface area contributed by atoms with Crippen LogP contribution in [0.2, 0.25) is 0 Å². The Morgan fingerprint density at radius 2 is 1.30 bits per heavy atom. The van der Waals surface area contributed by atoms with Crippen LogP contribution in [0.15, 0.2) is 140 Å². The fraction of sp³-hybridized carbons (Fsp3) is 0.150. The molecule has 5 aromatic carbocycles. The summed E-state index contributed by atoms with van der Waals surface area (Å²) < 4.78 is 2.76. The molecule has 1 aliphatic heterocycles. The van der Waals surface area contributed by atoms with Gasteiger partial charge in [-0.2, -0.15) is 0 Å². The fourth-order valence-electron chi connectivity index (χ4n) is 7.50. The molecule has 5 atom stereocenters. The van der Waals surface area contributed by atoms with Crippen LogP contribution in [0, 0.1) is 5.92 Å². The third-order valence-corrected chi connectivity index (χ3v) is 10.8. The van der Waals surface area contributed by atoms with Crippen molar-refractivity contribution in [1.29, 1.82) is 0 Å². The maximum absolute atomic E-state index is 3.89. The second kappa shape index (κ2) is 10.7. The van der Waals surface area contributed by atoms with Crippen LogP contribution < -0.4 is 16.0 Å². The molecule has 6 aromatic rings. The van der Waals surface area contributed by atoms with Crippen LogP contribution in [-0.2, 0) is 0 Å². The van der Waals surface area contributed by atoms with Crippen molar-refractivity contribution in [2.24, 2.45) is 5.92 Å². The lowest BCUT2D eigenvalue weighted by Crippen LogP contribution is -2.61. The minimum atomic E-state index is 0.0288. The molecule has 44 heavy (non-hydrogen) atoms. The zero-order chi connectivity index (χ0) is 29.0. The van der Waals surface area contributed by atoms with Crippen LogP contribution in [0.3, 0.4) is 0 Å². The largest absolute Gasteiger partial charge is 0.282 e. The Morgan fingerprint density at radius 3 is 2.11 bits per heavy atom. The number of benzene rings is 5. The topological polar surface area (TPSA) is 36.1 Å². The van der Waals surface area contributed by atoms with Crippen molar-refractivity contribution >= 4 is 31.5 Å². The van der Waals surface area contributed by atoms with Gasteiger partial charge in [0.05, 0.1) is 18.5 Å². The summed E-state index contributed by atoms with van der Waals surface area (Å²) in [7, 11) is 0. The Balaban J connectivity index is 1.08. The summed E-state index contributed by atoms with van der Waals surface area (Å²) in [6, 6.07) is 42.6. The molecule has 4 heteroatoms. The van der Waals surface area contributed by atoms with E-state index in [1.54, 1.807) is 0 Å². The standard InChI is InChI=1S/C40H33N3S/c1-3-11-26(12-4-1)38-41-39(27-13-5-2-6-14-27)43-40(42-38)28-21-19-25(20-22-28)35-30-16-7-8-17-31(30)36-33(35)24-23-32-29-15-9-10-18-34(29)44-37(32)36/h1-13,15-24,27,35,38-43H,14H2. The van der Waals surface area contributed by atoms with Gasteiger partial charge in [-0.3, -0.25) is 16.0 Å². The smallest absolute Gasteiger partial charge is 0.0862 e. The van der Waals surface area contributed by atoms with E-state index >= 15 is 0 Å². The Morgan fingerprint density at radius 1 is 0.568 bits per heavy atom. The summed E-state index contributed by atoms with van der Waals surface area (Å²) in [5.74, 6) is 0.620. The molecule has 5 unspecified atom stereocenters. The lowest BCUT2D eigenvalue weighted by atomic mass is 9.88. The summed E-state index contributed by atoms with van der Waals surface area (Å²) in [6.45, 7) is 0. The van der Waals surface area contributed by atoms with Crippen molar-refractivity contribution in [3.63, 3.8) is 0 Å². The van der Waals surface area contributed by atoms with Gasteiger partial charge in [-0.1, -0.05) is 133 Å². The van der Waals surface area contributed by atoms with Crippen LogP contribution in [0.4, 0.5) is 0 Å². The Bertz CT molecular complexity index is 2060. The molecule has 0 radical (unpaired) electrons. The van der Waals surface area contributed by atoms with Crippen molar-refractivity contribution in [3.8, 4) is 11.1 Å². The van der Waals surface area contributed by atoms with Crippen LogP contribution in [-0.4, -0.2) is 6.17 Å². The quantitative estimate of drug-likeness (QED) is 0.192. The minimum Gasteiger partial charge on any atom is -0.282 e. The van der Waals surface area contributed by atoms with E-state index in [4.69, 9.17) is 0 Å². The summed E-state index contributed by atoms with van der Waals surface area (Å²) in [4.78, 5) is 0. The predicted molar refractivity (Wildman–Crippen MR) is 184 cm³/mol. The molecule has 1 saturated heterocycles. The van der Waals surface area contributed by atoms with Crippen LogP contribution >= 0.6 is 11.3 Å². The minimum absolute atomic E-state index is 0.0288. The van der Waals surface area contributed by atoms with Crippen LogP contribution in [0.1, 0.15) is 52.5 Å². The average Bonchev–Trinajstić information content (AvgIpc) is 3.65. The molecule has 2 heterocycles. The number of fused-ring (bicyclic) bond motifs is 7. The highest BCUT2D eigenvalue weighted by molar-refractivity contribution is 7.26. The monoisotopic (exact) mass is 587 g/mol. The van der Waals surface area contributed by atoms with Gasteiger partial charge in [0.2, 0.25) is 0 Å². The summed E-state index contributed by atoms with van der Waals surface area (Å²) in [6.07, 6.45) is 10.2. The third kappa shape index (κ3) is 4.29. The highest BCUT2D eigenvalue weighted by atomic mass is 32.1. The number of allylic oxidation sites excluding steroid dienone is 3. The van der Waals surface area contributed by atoms with E-state index in [0.29, 0.717) is 5.92 Å². The van der Waals surface area contributed by atoms with Gasteiger partial charge in [-0.25, -0.2) is 0 Å². The first-order chi connectivity index (χ1) is 21.8. The number of rotatable bonds is 4. The highest BCUT2D eigenvalue weighted by Crippen LogP contribution is 2.53. The molecule has 0 saturated carbocycles. The Hall–Kier alpha value is -4.32. The van der Waals surface area contributed by atoms with E-state index in [1.165, 1.54) is 59.1 Å². The molecule has 1 aromatic heterocycles. The van der Waals surface area contributed by atoms with Crippen LogP contribution in [0.5, 0.6) is 0 Å². The van der Waals surface area contributed by atoms with Crippen molar-refractivity contribution in [2.75, 3.05) is 0 Å². The van der Waals surface area contributed by atoms with Gasteiger partial charge in [-0.05, 0) is 45.9 Å². The number of hydrogen-bond acceptors (Lipinski definition) is 4. The van der Waals surface area contributed by atoms with E-state index in [2.05, 4.69) is 156 Å². The molecule has 0 amide bonds. The zero-order valence-electron chi connectivity index (χ0n) is 24.3. The van der Waals surface area contributed by atoms with Gasteiger partial charge in [-0.15, -0.1) is 11.3 Å². The average molecular weight is 588 g/mol. The van der Waals surface area contributed by atoms with Crippen LogP contribution in [0.25, 0.3) is 31.3 Å². The van der Waals surface area contributed by atoms with Gasteiger partial charge in [0, 0.05) is 37.6 Å². The molecule has 2 aliphatic carbocycles. The zero-order valence-corrected chi connectivity index (χ0v) is 25.1. The van der Waals surface area contributed by atoms with Crippen molar-refractivity contribution in [1.82, 2.24) is 16.0 Å². The third-order valence-electron chi connectivity index (χ3n) is 9.64. The summed E-state index contributed by atoms with van der Waals surface area (Å²) in [5.41, 5.74) is 9.45. The molecular formula is C40H33N3S. The number of hydrogen-bond donors (Lipinski definition) is 3. The summed E-state index contributed by atoms with van der Waals surface area (Å²) in [5, 5.41) is 14.3. The lowest BCUT2D eigenvalue weighted by Gasteiger charge is -2.42. The maximum atomic E-state index is 3.89. The molecule has 0 spiro atoms. The van der Waals surface area contributed by atoms with E-state index in [0.717, 1.165) is 6.42 Å². The maximum Gasteiger partial charge on any atom is 0.0862 e. The number of thiophene rings is 1.